The van der Waals surface area contributed by atoms with E-state index in [2.05, 4.69) is 10.3 Å². The molecular formula is C22H23ClN2O2. The summed E-state index contributed by atoms with van der Waals surface area (Å²) in [6.45, 7) is 4.26. The summed E-state index contributed by atoms with van der Waals surface area (Å²) in [4.78, 5) is 4.33. The Bertz CT molecular complexity index is 856. The molecule has 3 rings (SSSR count). The first-order valence-electron chi connectivity index (χ1n) is 8.99. The van der Waals surface area contributed by atoms with E-state index in [0.717, 1.165) is 28.3 Å². The molecule has 0 aliphatic heterocycles. The van der Waals surface area contributed by atoms with Crippen LogP contribution in [0.3, 0.4) is 0 Å². The van der Waals surface area contributed by atoms with E-state index in [1.807, 2.05) is 67.6 Å². The molecule has 1 N–H and O–H groups in total. The van der Waals surface area contributed by atoms with Gasteiger partial charge in [0.05, 0.1) is 12.3 Å². The van der Waals surface area contributed by atoms with E-state index in [9.17, 15) is 0 Å². The van der Waals surface area contributed by atoms with Gasteiger partial charge in [0, 0.05) is 35.4 Å². The van der Waals surface area contributed by atoms with Gasteiger partial charge in [0.15, 0.2) is 11.5 Å². The summed E-state index contributed by atoms with van der Waals surface area (Å²) in [7, 11) is 0. The van der Waals surface area contributed by atoms with Gasteiger partial charge in [-0.3, -0.25) is 4.98 Å². The quantitative estimate of drug-likeness (QED) is 0.565. The minimum Gasteiger partial charge on any atom is -0.490 e. The van der Waals surface area contributed by atoms with Gasteiger partial charge in [0.2, 0.25) is 0 Å². The summed E-state index contributed by atoms with van der Waals surface area (Å²) < 4.78 is 11.9. The molecule has 0 spiro atoms. The van der Waals surface area contributed by atoms with Crippen LogP contribution >= 0.6 is 11.6 Å². The SMILES string of the molecule is CCOc1cccc(CNCc2ccccn2)c1OCc1ccccc1Cl. The zero-order valence-corrected chi connectivity index (χ0v) is 16.1. The molecule has 0 aliphatic rings. The molecule has 0 bridgehead atoms. The third-order valence-corrected chi connectivity index (χ3v) is 4.41. The predicted octanol–water partition coefficient (Wildman–Crippen LogP) is 5.00. The number of aromatic nitrogens is 1. The number of pyridine rings is 1. The van der Waals surface area contributed by atoms with E-state index in [0.29, 0.717) is 31.3 Å². The van der Waals surface area contributed by atoms with Crippen LogP contribution in [0.15, 0.2) is 66.9 Å². The minimum absolute atomic E-state index is 0.386. The van der Waals surface area contributed by atoms with Crippen molar-refractivity contribution in [1.82, 2.24) is 10.3 Å². The second-order valence-corrected chi connectivity index (χ2v) is 6.39. The van der Waals surface area contributed by atoms with Gasteiger partial charge >= 0.3 is 0 Å². The van der Waals surface area contributed by atoms with Crippen LogP contribution < -0.4 is 14.8 Å². The Hall–Kier alpha value is -2.56. The number of hydrogen-bond donors (Lipinski definition) is 1. The molecule has 0 aliphatic carbocycles. The normalized spacial score (nSPS) is 10.6. The van der Waals surface area contributed by atoms with Gasteiger partial charge in [-0.25, -0.2) is 0 Å². The third-order valence-electron chi connectivity index (χ3n) is 4.04. The molecule has 1 heterocycles. The Kier molecular flexibility index (Phi) is 7.08. The summed E-state index contributed by atoms with van der Waals surface area (Å²) in [6.07, 6.45) is 1.80. The molecule has 1 aromatic heterocycles. The highest BCUT2D eigenvalue weighted by molar-refractivity contribution is 6.31. The second-order valence-electron chi connectivity index (χ2n) is 5.98. The number of benzene rings is 2. The summed E-state index contributed by atoms with van der Waals surface area (Å²) in [5.41, 5.74) is 2.97. The average molecular weight is 383 g/mol. The minimum atomic E-state index is 0.386. The maximum Gasteiger partial charge on any atom is 0.166 e. The van der Waals surface area contributed by atoms with Crippen molar-refractivity contribution in [3.63, 3.8) is 0 Å². The van der Waals surface area contributed by atoms with Crippen LogP contribution in [-0.2, 0) is 19.7 Å². The first kappa shape index (κ1) is 19.2. The van der Waals surface area contributed by atoms with E-state index in [4.69, 9.17) is 21.1 Å². The fourth-order valence-corrected chi connectivity index (χ4v) is 2.92. The lowest BCUT2D eigenvalue weighted by Crippen LogP contribution is -2.15. The summed E-state index contributed by atoms with van der Waals surface area (Å²) in [6, 6.07) is 19.5. The first-order valence-corrected chi connectivity index (χ1v) is 9.37. The standard InChI is InChI=1S/C22H23ClN2O2/c1-2-26-21-12-7-9-17(14-24-15-19-10-5-6-13-25-19)22(21)27-16-18-8-3-4-11-20(18)23/h3-13,24H,2,14-16H2,1H3. The molecule has 0 atom stereocenters. The van der Waals surface area contributed by atoms with Crippen molar-refractivity contribution in [2.45, 2.75) is 26.6 Å². The number of ether oxygens (including phenoxy) is 2. The summed E-state index contributed by atoms with van der Waals surface area (Å²) in [5, 5.41) is 4.11. The number of nitrogens with zero attached hydrogens (tertiary/aromatic N) is 1. The van der Waals surface area contributed by atoms with E-state index >= 15 is 0 Å². The van der Waals surface area contributed by atoms with Crippen molar-refractivity contribution in [1.29, 1.82) is 0 Å². The first-order chi connectivity index (χ1) is 13.3. The molecule has 5 heteroatoms. The largest absolute Gasteiger partial charge is 0.490 e. The monoisotopic (exact) mass is 382 g/mol. The highest BCUT2D eigenvalue weighted by Gasteiger charge is 2.12. The summed E-state index contributed by atoms with van der Waals surface area (Å²) in [5.74, 6) is 1.48. The van der Waals surface area contributed by atoms with Crippen LogP contribution in [0.5, 0.6) is 11.5 Å². The van der Waals surface area contributed by atoms with Gasteiger partial charge in [-0.2, -0.15) is 0 Å². The molecule has 140 valence electrons. The van der Waals surface area contributed by atoms with Gasteiger partial charge < -0.3 is 14.8 Å². The third kappa shape index (κ3) is 5.46. The Morgan fingerprint density at radius 2 is 1.70 bits per heavy atom. The average Bonchev–Trinajstić information content (AvgIpc) is 2.70. The Labute approximate surface area is 165 Å². The lowest BCUT2D eigenvalue weighted by atomic mass is 10.1. The molecule has 4 nitrogen and oxygen atoms in total. The molecule has 0 fully saturated rings. The highest BCUT2D eigenvalue weighted by atomic mass is 35.5. The van der Waals surface area contributed by atoms with Gasteiger partial charge in [-0.15, -0.1) is 0 Å². The number of hydrogen-bond acceptors (Lipinski definition) is 4. The van der Waals surface area contributed by atoms with Crippen molar-refractivity contribution < 1.29 is 9.47 Å². The fourth-order valence-electron chi connectivity index (χ4n) is 2.73. The fraction of sp³-hybridized carbons (Fsp3) is 0.227. The second kappa shape index (κ2) is 9.95. The maximum absolute atomic E-state index is 6.25. The molecule has 0 radical (unpaired) electrons. The number of para-hydroxylation sites is 1. The van der Waals surface area contributed by atoms with Crippen LogP contribution in [0.4, 0.5) is 0 Å². The van der Waals surface area contributed by atoms with Crippen LogP contribution in [0, 0.1) is 0 Å². The van der Waals surface area contributed by atoms with Gasteiger partial charge in [0.1, 0.15) is 6.61 Å². The smallest absolute Gasteiger partial charge is 0.166 e. The lowest BCUT2D eigenvalue weighted by Gasteiger charge is -2.17. The molecule has 0 saturated carbocycles. The number of halogens is 1. The zero-order chi connectivity index (χ0) is 18.9. The molecule has 3 aromatic rings. The van der Waals surface area contributed by atoms with Crippen molar-refractivity contribution in [3.8, 4) is 11.5 Å². The summed E-state index contributed by atoms with van der Waals surface area (Å²) >= 11 is 6.25. The molecular weight excluding hydrogens is 360 g/mol. The molecule has 27 heavy (non-hydrogen) atoms. The molecule has 2 aromatic carbocycles. The highest BCUT2D eigenvalue weighted by Crippen LogP contribution is 2.32. The van der Waals surface area contributed by atoms with Crippen molar-refractivity contribution >= 4 is 11.6 Å². The van der Waals surface area contributed by atoms with Crippen molar-refractivity contribution in [3.05, 3.63) is 88.7 Å². The van der Waals surface area contributed by atoms with Crippen LogP contribution in [0.25, 0.3) is 0 Å². The van der Waals surface area contributed by atoms with E-state index < -0.39 is 0 Å². The predicted molar refractivity (Wildman–Crippen MR) is 108 cm³/mol. The van der Waals surface area contributed by atoms with Gasteiger partial charge in [0.25, 0.3) is 0 Å². The number of nitrogens with one attached hydrogen (secondary N) is 1. The maximum atomic E-state index is 6.25. The van der Waals surface area contributed by atoms with E-state index in [1.54, 1.807) is 6.20 Å². The topological polar surface area (TPSA) is 43.4 Å². The van der Waals surface area contributed by atoms with Crippen molar-refractivity contribution in [2.24, 2.45) is 0 Å². The lowest BCUT2D eigenvalue weighted by molar-refractivity contribution is 0.266. The molecule has 0 saturated heterocycles. The van der Waals surface area contributed by atoms with Crippen LogP contribution in [0.1, 0.15) is 23.7 Å². The number of rotatable bonds is 9. The Balaban J connectivity index is 1.72. The van der Waals surface area contributed by atoms with E-state index in [-0.39, 0.29) is 0 Å². The Morgan fingerprint density at radius 1 is 0.889 bits per heavy atom. The van der Waals surface area contributed by atoms with Crippen LogP contribution in [0.2, 0.25) is 5.02 Å². The molecule has 0 unspecified atom stereocenters. The zero-order valence-electron chi connectivity index (χ0n) is 15.3. The van der Waals surface area contributed by atoms with Crippen molar-refractivity contribution in [2.75, 3.05) is 6.61 Å². The van der Waals surface area contributed by atoms with Gasteiger partial charge in [-0.05, 0) is 31.2 Å². The molecule has 0 amide bonds. The van der Waals surface area contributed by atoms with Gasteiger partial charge in [-0.1, -0.05) is 48.0 Å². The Morgan fingerprint density at radius 3 is 2.48 bits per heavy atom. The van der Waals surface area contributed by atoms with Crippen LogP contribution in [-0.4, -0.2) is 11.6 Å². The van der Waals surface area contributed by atoms with E-state index in [1.165, 1.54) is 0 Å².